The lowest BCUT2D eigenvalue weighted by Gasteiger charge is -2.36. The molecule has 5 atom stereocenters. The second-order valence-corrected chi connectivity index (χ2v) is 10.4. The van der Waals surface area contributed by atoms with Crippen LogP contribution in [0.2, 0.25) is 0 Å². The summed E-state index contributed by atoms with van der Waals surface area (Å²) in [4.78, 5) is 0. The van der Waals surface area contributed by atoms with Gasteiger partial charge >= 0.3 is 0 Å². The van der Waals surface area contributed by atoms with E-state index in [1.807, 2.05) is 0 Å². The van der Waals surface area contributed by atoms with Crippen molar-refractivity contribution in [3.05, 3.63) is 11.6 Å². The summed E-state index contributed by atoms with van der Waals surface area (Å²) < 4.78 is 33.4. The van der Waals surface area contributed by atoms with Crippen LogP contribution in [0.15, 0.2) is 11.6 Å². The van der Waals surface area contributed by atoms with Gasteiger partial charge in [-0.1, -0.05) is 44.6 Å². The Kier molecular flexibility index (Phi) is 7.66. The quantitative estimate of drug-likeness (QED) is 0.520. The van der Waals surface area contributed by atoms with E-state index in [-0.39, 0.29) is 6.42 Å². The summed E-state index contributed by atoms with van der Waals surface area (Å²) >= 11 is 0. The Morgan fingerprint density at radius 2 is 1.55 bits per heavy atom. The van der Waals surface area contributed by atoms with Crippen molar-refractivity contribution in [2.75, 3.05) is 6.61 Å². The summed E-state index contributed by atoms with van der Waals surface area (Å²) in [5.74, 6) is 3.70. The topological polar surface area (TPSA) is 29.5 Å². The van der Waals surface area contributed by atoms with Crippen molar-refractivity contribution in [1.29, 1.82) is 0 Å². The van der Waals surface area contributed by atoms with Crippen LogP contribution in [-0.2, 0) is 4.74 Å². The van der Waals surface area contributed by atoms with Gasteiger partial charge in [0.1, 0.15) is 0 Å². The molecule has 3 fully saturated rings. The largest absolute Gasteiger partial charge is 0.390 e. The summed E-state index contributed by atoms with van der Waals surface area (Å²) in [5.41, 5.74) is 1.25. The molecule has 0 spiro atoms. The molecule has 0 aromatic rings. The number of halogens is 2. The van der Waals surface area contributed by atoms with E-state index >= 15 is 0 Å². The molecule has 0 aliphatic heterocycles. The van der Waals surface area contributed by atoms with Crippen LogP contribution < -0.4 is 0 Å². The number of aliphatic hydroxyl groups is 1. The fourth-order valence-corrected chi connectivity index (χ4v) is 6.54. The smallest absolute Gasteiger partial charge is 0.160 e. The molecule has 3 saturated carbocycles. The molecule has 166 valence electrons. The van der Waals surface area contributed by atoms with Crippen molar-refractivity contribution in [2.45, 2.75) is 114 Å². The number of alkyl halides is 2. The van der Waals surface area contributed by atoms with Gasteiger partial charge in [-0.25, -0.2) is 8.78 Å². The molecule has 4 aliphatic carbocycles. The zero-order chi connectivity index (χ0) is 20.2. The molecular formula is C25H40F2O2. The van der Waals surface area contributed by atoms with Gasteiger partial charge in [0.2, 0.25) is 0 Å². The van der Waals surface area contributed by atoms with Crippen molar-refractivity contribution in [2.24, 2.45) is 23.7 Å². The molecule has 0 bridgehead atoms. The molecular weight excluding hydrogens is 370 g/mol. The van der Waals surface area contributed by atoms with Gasteiger partial charge in [0.05, 0.1) is 18.8 Å². The lowest BCUT2D eigenvalue weighted by molar-refractivity contribution is -0.0936. The van der Waals surface area contributed by atoms with E-state index < -0.39 is 24.6 Å². The highest BCUT2D eigenvalue weighted by Crippen LogP contribution is 2.43. The van der Waals surface area contributed by atoms with Gasteiger partial charge < -0.3 is 9.84 Å². The number of hydrogen-bond acceptors (Lipinski definition) is 2. The van der Waals surface area contributed by atoms with E-state index in [0.29, 0.717) is 13.0 Å². The van der Waals surface area contributed by atoms with Gasteiger partial charge in [0.15, 0.2) is 12.3 Å². The van der Waals surface area contributed by atoms with E-state index in [4.69, 9.17) is 4.74 Å². The molecule has 1 N–H and O–H groups in total. The third kappa shape index (κ3) is 5.61. The van der Waals surface area contributed by atoms with E-state index in [1.54, 1.807) is 0 Å². The first kappa shape index (κ1) is 21.7. The van der Waals surface area contributed by atoms with E-state index in [0.717, 1.165) is 36.5 Å². The van der Waals surface area contributed by atoms with Crippen LogP contribution in [-0.4, -0.2) is 36.3 Å². The molecule has 5 unspecified atom stereocenters. The van der Waals surface area contributed by atoms with Crippen molar-refractivity contribution in [3.63, 3.8) is 0 Å². The number of hydrogen-bond donors (Lipinski definition) is 1. The molecule has 0 aromatic carbocycles. The molecule has 0 aromatic heterocycles. The predicted molar refractivity (Wildman–Crippen MR) is 112 cm³/mol. The third-order valence-corrected chi connectivity index (χ3v) is 8.50. The van der Waals surface area contributed by atoms with E-state index in [2.05, 4.69) is 6.08 Å². The molecule has 0 radical (unpaired) electrons. The minimum absolute atomic E-state index is 0.288. The normalized spacial score (nSPS) is 42.0. The van der Waals surface area contributed by atoms with Crippen molar-refractivity contribution >= 4 is 0 Å². The number of aliphatic hydroxyl groups excluding tert-OH is 1. The minimum Gasteiger partial charge on any atom is -0.390 e. The average Bonchev–Trinajstić information content (AvgIpc) is 3.26. The van der Waals surface area contributed by atoms with Gasteiger partial charge in [-0.3, -0.25) is 0 Å². The summed E-state index contributed by atoms with van der Waals surface area (Å²) in [6, 6.07) is 0. The maximum absolute atomic E-state index is 14.0. The van der Waals surface area contributed by atoms with Gasteiger partial charge in [0.25, 0.3) is 0 Å². The van der Waals surface area contributed by atoms with Crippen LogP contribution in [0.4, 0.5) is 8.78 Å². The monoisotopic (exact) mass is 410 g/mol. The Morgan fingerprint density at radius 1 is 0.828 bits per heavy atom. The molecule has 0 saturated heterocycles. The summed E-state index contributed by atoms with van der Waals surface area (Å²) in [7, 11) is 0. The standard InChI is InChI=1S/C25H40F2O2/c26-24-22(28)13-14-23(25(24)27)29-16-19-7-11-21(12-8-19)20-9-5-18(6-10-20)15-17-3-1-2-4-17/h7,17-18,20-25,28H,1-6,8-16H2. The molecule has 4 heteroatoms. The van der Waals surface area contributed by atoms with Crippen molar-refractivity contribution in [3.8, 4) is 0 Å². The van der Waals surface area contributed by atoms with E-state index in [1.165, 1.54) is 69.8 Å². The molecule has 0 amide bonds. The van der Waals surface area contributed by atoms with Crippen LogP contribution in [0.25, 0.3) is 0 Å². The van der Waals surface area contributed by atoms with Crippen molar-refractivity contribution in [1.82, 2.24) is 0 Å². The minimum atomic E-state index is -1.80. The summed E-state index contributed by atoms with van der Waals surface area (Å²) in [6.45, 7) is 0.425. The third-order valence-electron chi connectivity index (χ3n) is 8.50. The maximum Gasteiger partial charge on any atom is 0.160 e. The van der Waals surface area contributed by atoms with Gasteiger partial charge in [-0.05, 0) is 80.6 Å². The molecule has 4 aliphatic rings. The number of allylic oxidation sites excluding steroid dienone is 1. The molecule has 4 rings (SSSR count). The summed E-state index contributed by atoms with van der Waals surface area (Å²) in [6.07, 6.45) is 14.1. The Balaban J connectivity index is 1.16. The molecule has 0 heterocycles. The lowest BCUT2D eigenvalue weighted by atomic mass is 9.70. The van der Waals surface area contributed by atoms with Crippen LogP contribution in [0, 0.1) is 23.7 Å². The number of ether oxygens (including phenoxy) is 1. The first-order valence-corrected chi connectivity index (χ1v) is 12.4. The SMILES string of the molecule is OC1CCC(OCC2=CCC(C3CCC(CC4CCCC4)CC3)CC2)C(F)C1F. The molecule has 2 nitrogen and oxygen atoms in total. The highest BCUT2D eigenvalue weighted by atomic mass is 19.2. The van der Waals surface area contributed by atoms with Gasteiger partial charge in [-0.15, -0.1) is 0 Å². The number of rotatable bonds is 6. The zero-order valence-corrected chi connectivity index (χ0v) is 17.9. The first-order chi connectivity index (χ1) is 14.1. The first-order valence-electron chi connectivity index (χ1n) is 12.4. The Hall–Kier alpha value is -0.480. The maximum atomic E-state index is 14.0. The highest BCUT2D eigenvalue weighted by Gasteiger charge is 2.40. The molecule has 29 heavy (non-hydrogen) atoms. The van der Waals surface area contributed by atoms with E-state index in [9.17, 15) is 13.9 Å². The van der Waals surface area contributed by atoms with Gasteiger partial charge in [-0.2, -0.15) is 0 Å². The zero-order valence-electron chi connectivity index (χ0n) is 17.9. The second kappa shape index (κ2) is 10.2. The lowest BCUT2D eigenvalue weighted by Crippen LogP contribution is -2.45. The Labute approximate surface area is 175 Å². The van der Waals surface area contributed by atoms with Crippen LogP contribution >= 0.6 is 0 Å². The Morgan fingerprint density at radius 3 is 2.24 bits per heavy atom. The highest BCUT2D eigenvalue weighted by molar-refractivity contribution is 5.08. The predicted octanol–water partition coefficient (Wildman–Crippen LogP) is 6.32. The van der Waals surface area contributed by atoms with Crippen molar-refractivity contribution < 1.29 is 18.6 Å². The second-order valence-electron chi connectivity index (χ2n) is 10.4. The summed E-state index contributed by atoms with van der Waals surface area (Å²) in [5, 5.41) is 9.44. The fourth-order valence-electron chi connectivity index (χ4n) is 6.54. The van der Waals surface area contributed by atoms with Gasteiger partial charge in [0, 0.05) is 0 Å². The Bertz CT molecular complexity index is 537. The van der Waals surface area contributed by atoms with Crippen LogP contribution in [0.1, 0.15) is 89.9 Å². The van der Waals surface area contributed by atoms with Crippen LogP contribution in [0.3, 0.4) is 0 Å². The fraction of sp³-hybridized carbons (Fsp3) is 0.920. The average molecular weight is 411 g/mol. The van der Waals surface area contributed by atoms with Crippen LogP contribution in [0.5, 0.6) is 0 Å².